The van der Waals surface area contributed by atoms with Crippen LogP contribution in [0.2, 0.25) is 15.1 Å². The second-order valence-corrected chi connectivity index (χ2v) is 8.92. The number of nitrogens with zero attached hydrogens (tertiary/aromatic N) is 4. The Hall–Kier alpha value is -2.25. The van der Waals surface area contributed by atoms with Crippen molar-refractivity contribution in [2.24, 2.45) is 0 Å². The number of fused-ring (bicyclic) bond motifs is 1. The van der Waals surface area contributed by atoms with Crippen molar-refractivity contribution in [1.29, 1.82) is 0 Å². The monoisotopic (exact) mass is 483 g/mol. The van der Waals surface area contributed by atoms with Gasteiger partial charge >= 0.3 is 0 Å². The number of benzene rings is 2. The molecule has 0 atom stereocenters. The summed E-state index contributed by atoms with van der Waals surface area (Å²) < 4.78 is 1.72. The lowest BCUT2D eigenvalue weighted by molar-refractivity contribution is 0.325. The fourth-order valence-corrected chi connectivity index (χ4v) is 4.37. The lowest BCUT2D eigenvalue weighted by Gasteiger charge is -2.18. The third kappa shape index (κ3) is 5.38. The molecule has 162 valence electrons. The third-order valence-electron chi connectivity index (χ3n) is 5.05. The van der Waals surface area contributed by atoms with Crippen LogP contribution in [0.15, 0.2) is 54.7 Å². The average molecular weight is 485 g/mol. The van der Waals surface area contributed by atoms with Crippen molar-refractivity contribution in [2.75, 3.05) is 25.5 Å². The van der Waals surface area contributed by atoms with Crippen molar-refractivity contribution >= 4 is 59.6 Å². The molecular weight excluding hydrogens is 463 g/mol. The first-order valence-electron chi connectivity index (χ1n) is 10.2. The molecule has 2 aromatic heterocycles. The molecule has 2 heterocycles. The van der Waals surface area contributed by atoms with Gasteiger partial charge in [-0.15, -0.1) is 0 Å². The van der Waals surface area contributed by atoms with Crippen LogP contribution in [0.3, 0.4) is 0 Å². The number of hydrogen-bond donors (Lipinski definition) is 1. The molecule has 0 unspecified atom stereocenters. The molecule has 1 N–H and O–H groups in total. The minimum absolute atomic E-state index is 0.516. The van der Waals surface area contributed by atoms with Gasteiger partial charge in [0.05, 0.1) is 5.69 Å². The fourth-order valence-electron chi connectivity index (χ4n) is 3.57. The van der Waals surface area contributed by atoms with Crippen LogP contribution >= 0.6 is 34.8 Å². The predicted octanol–water partition coefficient (Wildman–Crippen LogP) is 5.08. The van der Waals surface area contributed by atoms with Crippen LogP contribution in [0.4, 0.5) is 5.82 Å². The Kier molecular flexibility index (Phi) is 7.26. The average Bonchev–Trinajstić information content (AvgIpc) is 3.11. The van der Waals surface area contributed by atoms with Gasteiger partial charge in [-0.3, -0.25) is 0 Å². The van der Waals surface area contributed by atoms with Crippen LogP contribution in [-0.2, 0) is 6.54 Å². The summed E-state index contributed by atoms with van der Waals surface area (Å²) in [7, 11) is 8.16. The fraction of sp³-hybridized carbons (Fsp3) is 0.217. The second kappa shape index (κ2) is 10.1. The van der Waals surface area contributed by atoms with E-state index >= 15 is 0 Å². The Bertz CT molecular complexity index is 1220. The molecule has 0 saturated heterocycles. The molecule has 9 heteroatoms. The van der Waals surface area contributed by atoms with Gasteiger partial charge in [0.15, 0.2) is 5.65 Å². The summed E-state index contributed by atoms with van der Waals surface area (Å²) in [6.45, 7) is 2.41. The molecule has 0 saturated carbocycles. The summed E-state index contributed by atoms with van der Waals surface area (Å²) in [6, 6.07) is 15.2. The molecule has 5 nitrogen and oxygen atoms in total. The van der Waals surface area contributed by atoms with Gasteiger partial charge in [-0.1, -0.05) is 53.0 Å². The molecular formula is C23H21BCl3N5. The maximum atomic E-state index is 6.39. The van der Waals surface area contributed by atoms with Gasteiger partial charge in [0.25, 0.3) is 0 Å². The summed E-state index contributed by atoms with van der Waals surface area (Å²) in [4.78, 5) is 6.89. The van der Waals surface area contributed by atoms with Crippen LogP contribution in [0.5, 0.6) is 0 Å². The van der Waals surface area contributed by atoms with Crippen molar-refractivity contribution < 1.29 is 0 Å². The number of anilines is 1. The Morgan fingerprint density at radius 1 is 1.06 bits per heavy atom. The van der Waals surface area contributed by atoms with Crippen LogP contribution in [0, 0.1) is 0 Å². The number of nitrogens with one attached hydrogen (secondary N) is 1. The van der Waals surface area contributed by atoms with Crippen LogP contribution in [0.1, 0.15) is 12.0 Å². The molecule has 0 aliphatic heterocycles. The van der Waals surface area contributed by atoms with Crippen molar-refractivity contribution in [1.82, 2.24) is 19.5 Å². The number of hydrogen-bond acceptors (Lipinski definition) is 4. The summed E-state index contributed by atoms with van der Waals surface area (Å²) >= 11 is 18.6. The first kappa shape index (κ1) is 22.9. The summed E-state index contributed by atoms with van der Waals surface area (Å²) in [6.07, 6.45) is 2.53. The Morgan fingerprint density at radius 2 is 1.81 bits per heavy atom. The smallest absolute Gasteiger partial charge is 0.150 e. The Labute approximate surface area is 203 Å². The molecule has 0 aliphatic carbocycles. The van der Waals surface area contributed by atoms with Crippen LogP contribution in [-0.4, -0.2) is 47.5 Å². The van der Waals surface area contributed by atoms with Gasteiger partial charge in [0, 0.05) is 46.0 Å². The lowest BCUT2D eigenvalue weighted by atomic mass is 10.0. The second-order valence-electron chi connectivity index (χ2n) is 7.64. The SMILES string of the molecule is [B]c1cnn2c(NCCCN(C)Cc3cc(Cl)cc(Cl)c3)cc(-c3ccccc3Cl)nc12. The van der Waals surface area contributed by atoms with Gasteiger partial charge in [-0.25, -0.2) is 4.98 Å². The minimum atomic E-state index is 0.516. The molecule has 0 aliphatic rings. The summed E-state index contributed by atoms with van der Waals surface area (Å²) in [5.41, 5.74) is 3.79. The predicted molar refractivity (Wildman–Crippen MR) is 135 cm³/mol. The van der Waals surface area contributed by atoms with E-state index in [0.717, 1.165) is 48.7 Å². The minimum Gasteiger partial charge on any atom is -0.370 e. The third-order valence-corrected chi connectivity index (χ3v) is 5.81. The standard InChI is InChI=1S/C23H21BCl3N5/c1-31(14-15-9-16(25)11-17(26)10-15)8-4-7-28-22-12-21(18-5-2-3-6-20(18)27)30-23-19(24)13-29-32(22)23/h2-3,5-6,9-13,28H,4,7-8,14H2,1H3. The number of halogens is 3. The first-order valence-corrected chi connectivity index (χ1v) is 11.3. The van der Waals surface area contributed by atoms with Gasteiger partial charge in [-0.2, -0.15) is 9.61 Å². The topological polar surface area (TPSA) is 45.5 Å². The Morgan fingerprint density at radius 3 is 2.56 bits per heavy atom. The van der Waals surface area contributed by atoms with E-state index in [0.29, 0.717) is 26.2 Å². The first-order chi connectivity index (χ1) is 15.4. The van der Waals surface area contributed by atoms with Gasteiger partial charge in [-0.05, 0) is 55.3 Å². The molecule has 0 amide bonds. The van der Waals surface area contributed by atoms with Gasteiger partial charge < -0.3 is 10.2 Å². The van der Waals surface area contributed by atoms with Crippen LogP contribution in [0.25, 0.3) is 16.9 Å². The zero-order valence-corrected chi connectivity index (χ0v) is 19.8. The van der Waals surface area contributed by atoms with E-state index < -0.39 is 0 Å². The van der Waals surface area contributed by atoms with Crippen molar-refractivity contribution in [3.63, 3.8) is 0 Å². The normalized spacial score (nSPS) is 11.4. The van der Waals surface area contributed by atoms with Crippen molar-refractivity contribution in [3.8, 4) is 11.3 Å². The molecule has 0 spiro atoms. The highest BCUT2D eigenvalue weighted by Gasteiger charge is 2.12. The highest BCUT2D eigenvalue weighted by Crippen LogP contribution is 2.28. The van der Waals surface area contributed by atoms with E-state index in [2.05, 4.69) is 27.3 Å². The van der Waals surface area contributed by atoms with Gasteiger partial charge in [0.1, 0.15) is 13.7 Å². The van der Waals surface area contributed by atoms with Crippen LogP contribution < -0.4 is 10.8 Å². The quantitative estimate of drug-likeness (QED) is 0.280. The molecule has 4 aromatic rings. The zero-order chi connectivity index (χ0) is 22.7. The largest absolute Gasteiger partial charge is 0.370 e. The number of rotatable bonds is 8. The Balaban J connectivity index is 1.43. The van der Waals surface area contributed by atoms with E-state index in [-0.39, 0.29) is 0 Å². The van der Waals surface area contributed by atoms with E-state index in [1.54, 1.807) is 16.8 Å². The van der Waals surface area contributed by atoms with Crippen molar-refractivity contribution in [3.05, 3.63) is 75.4 Å². The lowest BCUT2D eigenvalue weighted by Crippen LogP contribution is -2.21. The highest BCUT2D eigenvalue weighted by atomic mass is 35.5. The molecule has 2 radical (unpaired) electrons. The summed E-state index contributed by atoms with van der Waals surface area (Å²) in [5, 5.41) is 9.76. The molecule has 2 aromatic carbocycles. The summed E-state index contributed by atoms with van der Waals surface area (Å²) in [5.74, 6) is 0.811. The zero-order valence-electron chi connectivity index (χ0n) is 17.5. The number of aromatic nitrogens is 3. The van der Waals surface area contributed by atoms with E-state index in [4.69, 9.17) is 42.6 Å². The van der Waals surface area contributed by atoms with Gasteiger partial charge in [0.2, 0.25) is 0 Å². The highest BCUT2D eigenvalue weighted by molar-refractivity contribution is 6.36. The molecule has 4 rings (SSSR count). The van der Waals surface area contributed by atoms with E-state index in [9.17, 15) is 0 Å². The van der Waals surface area contributed by atoms with E-state index in [1.807, 2.05) is 42.5 Å². The maximum absolute atomic E-state index is 6.39. The molecule has 32 heavy (non-hydrogen) atoms. The van der Waals surface area contributed by atoms with Crippen molar-refractivity contribution in [2.45, 2.75) is 13.0 Å². The maximum Gasteiger partial charge on any atom is 0.150 e. The molecule has 0 bridgehead atoms. The van der Waals surface area contributed by atoms with E-state index in [1.165, 1.54) is 0 Å². The molecule has 0 fully saturated rings.